The van der Waals surface area contributed by atoms with Crippen LogP contribution in [0.2, 0.25) is 0 Å². The molecule has 1 aliphatic heterocycles. The van der Waals surface area contributed by atoms with Crippen molar-refractivity contribution in [1.29, 1.82) is 0 Å². The van der Waals surface area contributed by atoms with Crippen LogP contribution in [-0.4, -0.2) is 94.4 Å². The molecule has 0 aliphatic carbocycles. The monoisotopic (exact) mass is 617 g/mol. The number of benzene rings is 1. The largest absolute Gasteiger partial charge is 0.394 e. The first kappa shape index (κ1) is 33.4. The summed E-state index contributed by atoms with van der Waals surface area (Å²) < 4.78 is 0. The third kappa shape index (κ3) is 9.19. The Kier molecular flexibility index (Phi) is 11.9. The highest BCUT2D eigenvalue weighted by molar-refractivity contribution is 7.99. The van der Waals surface area contributed by atoms with Crippen molar-refractivity contribution in [3.8, 4) is 0 Å². The van der Waals surface area contributed by atoms with Gasteiger partial charge in [0.25, 0.3) is 0 Å². The van der Waals surface area contributed by atoms with E-state index in [4.69, 9.17) is 5.73 Å². The predicted molar refractivity (Wildman–Crippen MR) is 160 cm³/mol. The van der Waals surface area contributed by atoms with Crippen LogP contribution in [0.1, 0.15) is 26.3 Å². The Balaban J connectivity index is 1.92. The molecule has 6 amide bonds. The zero-order valence-electron chi connectivity index (χ0n) is 24.3. The second-order valence-corrected chi connectivity index (χ2v) is 11.9. The van der Waals surface area contributed by atoms with Gasteiger partial charge in [0.15, 0.2) is 0 Å². The fraction of sp³-hybridized carbons (Fsp3) is 0.500. The van der Waals surface area contributed by atoms with Crippen molar-refractivity contribution in [2.75, 3.05) is 24.7 Å². The lowest BCUT2D eigenvalue weighted by Crippen LogP contribution is -2.59. The maximum absolute atomic E-state index is 13.6. The van der Waals surface area contributed by atoms with Gasteiger partial charge >= 0.3 is 0 Å². The Morgan fingerprint density at radius 2 is 1.67 bits per heavy atom. The summed E-state index contributed by atoms with van der Waals surface area (Å²) in [6.45, 7) is 3.78. The normalized spacial score (nSPS) is 25.4. The van der Waals surface area contributed by atoms with Crippen molar-refractivity contribution < 1.29 is 33.9 Å². The number of hydrogen-bond acceptors (Lipinski definition) is 8. The molecule has 234 valence electrons. The highest BCUT2D eigenvalue weighted by Gasteiger charge is 2.32. The molecule has 14 nitrogen and oxygen atoms in total. The van der Waals surface area contributed by atoms with E-state index in [-0.39, 0.29) is 17.9 Å². The molecule has 1 saturated heterocycles. The maximum Gasteiger partial charge on any atom is 0.245 e. The molecule has 15 heteroatoms. The van der Waals surface area contributed by atoms with E-state index in [1.54, 1.807) is 27.0 Å². The van der Waals surface area contributed by atoms with E-state index in [0.29, 0.717) is 0 Å². The van der Waals surface area contributed by atoms with Gasteiger partial charge in [-0.2, -0.15) is 11.8 Å². The number of aliphatic hydroxyl groups is 1. The number of aromatic nitrogens is 1. The summed E-state index contributed by atoms with van der Waals surface area (Å²) in [5, 5.41) is 23.3. The molecule has 0 saturated carbocycles. The number of aromatic amines is 1. The van der Waals surface area contributed by atoms with Gasteiger partial charge in [-0.3, -0.25) is 28.8 Å². The number of carbonyl (C=O) groups excluding carboxylic acids is 6. The van der Waals surface area contributed by atoms with Crippen molar-refractivity contribution in [2.24, 2.45) is 17.6 Å². The lowest BCUT2D eigenvalue weighted by molar-refractivity contribution is -0.134. The molecule has 2 heterocycles. The van der Waals surface area contributed by atoms with Gasteiger partial charge in [0.1, 0.15) is 24.2 Å². The summed E-state index contributed by atoms with van der Waals surface area (Å²) in [6, 6.07) is 2.78. The number of thioether (sulfide) groups is 1. The number of fused-ring (bicyclic) bond motifs is 1. The SMILES string of the molecule is CC(C)C1NC(=O)C(Cc2c[nH]c3ccccc23)NC(=O)CNC(=O)C(CO)NC(=O)[C@@H](C)CSC[C@@H](C(N)=O)NC1=O. The van der Waals surface area contributed by atoms with Crippen LogP contribution < -0.4 is 32.3 Å². The fourth-order valence-electron chi connectivity index (χ4n) is 4.46. The van der Waals surface area contributed by atoms with E-state index in [9.17, 15) is 33.9 Å². The van der Waals surface area contributed by atoms with Crippen LogP contribution in [0.3, 0.4) is 0 Å². The number of H-pyrrole nitrogens is 1. The first-order valence-corrected chi connectivity index (χ1v) is 15.1. The first-order chi connectivity index (χ1) is 20.4. The van der Waals surface area contributed by atoms with E-state index < -0.39 is 84.6 Å². The Morgan fingerprint density at radius 1 is 0.953 bits per heavy atom. The second kappa shape index (κ2) is 15.4. The molecule has 3 unspecified atom stereocenters. The van der Waals surface area contributed by atoms with Gasteiger partial charge in [-0.15, -0.1) is 0 Å². The molecule has 5 atom stereocenters. The van der Waals surface area contributed by atoms with E-state index in [2.05, 4.69) is 31.6 Å². The molecule has 1 aromatic carbocycles. The lowest BCUT2D eigenvalue weighted by atomic mass is 10.0. The van der Waals surface area contributed by atoms with Gasteiger partial charge in [0, 0.05) is 40.9 Å². The highest BCUT2D eigenvalue weighted by atomic mass is 32.2. The molecule has 1 fully saturated rings. The fourth-order valence-corrected chi connectivity index (χ4v) is 5.58. The van der Waals surface area contributed by atoms with E-state index in [0.717, 1.165) is 16.5 Å². The molecule has 0 radical (unpaired) electrons. The predicted octanol–water partition coefficient (Wildman–Crippen LogP) is -1.72. The van der Waals surface area contributed by atoms with Crippen LogP contribution in [0, 0.1) is 11.8 Å². The van der Waals surface area contributed by atoms with Gasteiger partial charge < -0.3 is 42.4 Å². The molecule has 2 aromatic rings. The smallest absolute Gasteiger partial charge is 0.245 e. The number of carbonyl (C=O) groups is 6. The molecule has 0 bridgehead atoms. The summed E-state index contributed by atoms with van der Waals surface area (Å²) in [6.07, 6.45) is 1.77. The average molecular weight is 618 g/mol. The van der Waals surface area contributed by atoms with Crippen LogP contribution in [0.5, 0.6) is 0 Å². The molecule has 0 spiro atoms. The molecule has 1 aliphatic rings. The van der Waals surface area contributed by atoms with Crippen LogP contribution >= 0.6 is 11.8 Å². The summed E-state index contributed by atoms with van der Waals surface area (Å²) in [4.78, 5) is 80.3. The third-order valence-electron chi connectivity index (χ3n) is 7.00. The Labute approximate surface area is 253 Å². The van der Waals surface area contributed by atoms with Gasteiger partial charge in [-0.05, 0) is 17.5 Å². The van der Waals surface area contributed by atoms with E-state index in [1.807, 2.05) is 24.3 Å². The molecule has 3 rings (SSSR count). The minimum atomic E-state index is -1.32. The van der Waals surface area contributed by atoms with E-state index >= 15 is 0 Å². The third-order valence-corrected chi connectivity index (χ3v) is 8.30. The number of nitrogens with one attached hydrogen (secondary N) is 6. The summed E-state index contributed by atoms with van der Waals surface area (Å²) in [5.41, 5.74) is 7.09. The highest BCUT2D eigenvalue weighted by Crippen LogP contribution is 2.19. The van der Waals surface area contributed by atoms with Gasteiger partial charge in [0.2, 0.25) is 35.4 Å². The number of primary amides is 1. The zero-order valence-corrected chi connectivity index (χ0v) is 25.1. The molecule has 43 heavy (non-hydrogen) atoms. The number of rotatable bonds is 5. The Morgan fingerprint density at radius 3 is 2.35 bits per heavy atom. The van der Waals surface area contributed by atoms with E-state index in [1.165, 1.54) is 11.8 Å². The molecular weight excluding hydrogens is 578 g/mol. The minimum absolute atomic E-state index is 0.0513. The summed E-state index contributed by atoms with van der Waals surface area (Å²) in [5.74, 6) is -4.87. The Bertz CT molecular complexity index is 1350. The number of amides is 6. The maximum atomic E-state index is 13.6. The minimum Gasteiger partial charge on any atom is -0.394 e. The average Bonchev–Trinajstić information content (AvgIpc) is 3.37. The van der Waals surface area contributed by atoms with Crippen molar-refractivity contribution in [3.05, 3.63) is 36.0 Å². The first-order valence-electron chi connectivity index (χ1n) is 13.9. The standard InChI is InChI=1S/C28H39N7O7S/c1-14(2)23-28(42)34-21(24(29)38)13-43-12-15(3)25(39)33-20(11-36)26(40)31-10-22(37)32-19(27(41)35-23)8-16-9-30-18-7-5-4-6-17(16)18/h4-7,9,14-15,19-21,23,30,36H,8,10-13H2,1-3H3,(H2,29,38)(H,31,40)(H,32,37)(H,33,39)(H,34,42)(H,35,41)/t15-,19?,20?,21-,23?/m0/s1. The van der Waals surface area contributed by atoms with Crippen molar-refractivity contribution >= 4 is 58.1 Å². The molecular formula is C28H39N7O7S. The van der Waals surface area contributed by atoms with Crippen molar-refractivity contribution in [2.45, 2.75) is 51.4 Å². The Hall–Kier alpha value is -4.11. The van der Waals surface area contributed by atoms with Crippen LogP contribution in [0.25, 0.3) is 10.9 Å². The topological polar surface area (TPSA) is 225 Å². The van der Waals surface area contributed by atoms with Crippen LogP contribution in [0.4, 0.5) is 0 Å². The zero-order chi connectivity index (χ0) is 31.7. The van der Waals surface area contributed by atoms with Crippen molar-refractivity contribution in [3.63, 3.8) is 0 Å². The number of nitrogens with two attached hydrogens (primary N) is 1. The quantitative estimate of drug-likeness (QED) is 0.192. The van der Waals surface area contributed by atoms with Gasteiger partial charge in [-0.25, -0.2) is 0 Å². The van der Waals surface area contributed by atoms with Crippen molar-refractivity contribution in [1.82, 2.24) is 31.6 Å². The molecule has 9 N–H and O–H groups in total. The molecule has 1 aromatic heterocycles. The number of aliphatic hydroxyl groups excluding tert-OH is 1. The lowest BCUT2D eigenvalue weighted by Gasteiger charge is -2.27. The second-order valence-electron chi connectivity index (χ2n) is 10.8. The van der Waals surface area contributed by atoms with Crippen LogP contribution in [-0.2, 0) is 35.2 Å². The summed E-state index contributed by atoms with van der Waals surface area (Å²) in [7, 11) is 0. The number of para-hydroxylation sites is 1. The number of hydrogen-bond donors (Lipinski definition) is 8. The van der Waals surface area contributed by atoms with Gasteiger partial charge in [-0.1, -0.05) is 39.0 Å². The van der Waals surface area contributed by atoms with Gasteiger partial charge in [0.05, 0.1) is 13.2 Å². The summed E-state index contributed by atoms with van der Waals surface area (Å²) >= 11 is 1.19. The van der Waals surface area contributed by atoms with Crippen LogP contribution in [0.15, 0.2) is 30.5 Å².